The average molecular weight is 275 g/mol. The third-order valence-corrected chi connectivity index (χ3v) is 4.79. The molecule has 0 amide bonds. The Morgan fingerprint density at radius 1 is 1.29 bits per heavy atom. The molecule has 4 nitrogen and oxygen atoms in total. The van der Waals surface area contributed by atoms with Gasteiger partial charge in [-0.05, 0) is 23.8 Å². The van der Waals surface area contributed by atoms with E-state index in [0.29, 0.717) is 24.7 Å². The molecule has 0 aliphatic carbocycles. The number of hydrogen-bond acceptors (Lipinski definition) is 4. The van der Waals surface area contributed by atoms with Crippen LogP contribution in [0, 0.1) is 0 Å². The molecule has 6 heteroatoms. The molecule has 0 unspecified atom stereocenters. The normalized spacial score (nSPS) is 19.3. The van der Waals surface area contributed by atoms with Gasteiger partial charge in [-0.15, -0.1) is 0 Å². The molecule has 1 aliphatic rings. The molecule has 0 saturated carbocycles. The van der Waals surface area contributed by atoms with Crippen molar-refractivity contribution in [2.24, 2.45) is 5.73 Å². The van der Waals surface area contributed by atoms with E-state index in [1.54, 1.807) is 6.07 Å². The first kappa shape index (κ1) is 12.7. The summed E-state index contributed by atoms with van der Waals surface area (Å²) in [6.45, 7) is 1.45. The summed E-state index contributed by atoms with van der Waals surface area (Å²) in [7, 11) is -2.85. The van der Waals surface area contributed by atoms with Crippen molar-refractivity contribution in [3.8, 4) is 0 Å². The van der Waals surface area contributed by atoms with Gasteiger partial charge in [0.2, 0.25) is 0 Å². The molecule has 2 N–H and O–H groups in total. The number of halogens is 1. The van der Waals surface area contributed by atoms with Gasteiger partial charge in [-0.25, -0.2) is 8.42 Å². The van der Waals surface area contributed by atoms with E-state index in [4.69, 9.17) is 17.3 Å². The zero-order valence-electron chi connectivity index (χ0n) is 9.39. The molecule has 94 valence electrons. The SMILES string of the molecule is NCc1cc(Cl)ccc1N1CCS(=O)(=O)CC1. The van der Waals surface area contributed by atoms with Crippen LogP contribution in [0.15, 0.2) is 18.2 Å². The Morgan fingerprint density at radius 3 is 2.53 bits per heavy atom. The standard InChI is InChI=1S/C11H15ClN2O2S/c12-10-1-2-11(9(7-10)8-13)14-3-5-17(15,16)6-4-14/h1-2,7H,3-6,8,13H2. The highest BCUT2D eigenvalue weighted by Gasteiger charge is 2.22. The van der Waals surface area contributed by atoms with Crippen LogP contribution in [0.1, 0.15) is 5.56 Å². The number of anilines is 1. The monoisotopic (exact) mass is 274 g/mol. The maximum atomic E-state index is 11.4. The molecule has 0 spiro atoms. The Bertz CT molecular complexity index is 502. The van der Waals surface area contributed by atoms with Crippen LogP contribution in [0.4, 0.5) is 5.69 Å². The molecule has 2 rings (SSSR count). The van der Waals surface area contributed by atoms with Crippen molar-refractivity contribution < 1.29 is 8.42 Å². The molecule has 1 saturated heterocycles. The second kappa shape index (κ2) is 4.84. The summed E-state index contributed by atoms with van der Waals surface area (Å²) < 4.78 is 22.7. The van der Waals surface area contributed by atoms with E-state index in [0.717, 1.165) is 11.3 Å². The van der Waals surface area contributed by atoms with Crippen LogP contribution >= 0.6 is 11.6 Å². The molecule has 17 heavy (non-hydrogen) atoms. The van der Waals surface area contributed by atoms with Crippen molar-refractivity contribution >= 4 is 27.1 Å². The Hall–Kier alpha value is -0.780. The summed E-state index contributed by atoms with van der Waals surface area (Å²) in [6, 6.07) is 5.54. The van der Waals surface area contributed by atoms with Crippen molar-refractivity contribution in [3.05, 3.63) is 28.8 Å². The lowest BCUT2D eigenvalue weighted by Gasteiger charge is -2.30. The minimum Gasteiger partial charge on any atom is -0.369 e. The molecular weight excluding hydrogens is 260 g/mol. The van der Waals surface area contributed by atoms with Crippen LogP contribution in [-0.4, -0.2) is 33.0 Å². The number of hydrogen-bond donors (Lipinski definition) is 1. The highest BCUT2D eigenvalue weighted by Crippen LogP contribution is 2.25. The Kier molecular flexibility index (Phi) is 3.61. The molecule has 1 heterocycles. The third kappa shape index (κ3) is 2.91. The Morgan fingerprint density at radius 2 is 1.94 bits per heavy atom. The van der Waals surface area contributed by atoms with Gasteiger partial charge in [0.15, 0.2) is 9.84 Å². The van der Waals surface area contributed by atoms with E-state index >= 15 is 0 Å². The fourth-order valence-corrected chi connectivity index (χ4v) is 3.38. The molecule has 1 aromatic carbocycles. The van der Waals surface area contributed by atoms with Gasteiger partial charge < -0.3 is 10.6 Å². The van der Waals surface area contributed by atoms with Crippen LogP contribution in [0.25, 0.3) is 0 Å². The highest BCUT2D eigenvalue weighted by atomic mass is 35.5. The van der Waals surface area contributed by atoms with Gasteiger partial charge in [0.25, 0.3) is 0 Å². The fraction of sp³-hybridized carbons (Fsp3) is 0.455. The Balaban J connectivity index is 2.24. The first-order chi connectivity index (χ1) is 8.02. The first-order valence-electron chi connectivity index (χ1n) is 5.46. The summed E-state index contributed by atoms with van der Waals surface area (Å²) in [5.41, 5.74) is 7.62. The van der Waals surface area contributed by atoms with Crippen molar-refractivity contribution in [2.45, 2.75) is 6.54 Å². The molecule has 0 radical (unpaired) electrons. The predicted molar refractivity (Wildman–Crippen MR) is 70.2 cm³/mol. The van der Waals surface area contributed by atoms with Crippen molar-refractivity contribution in [1.29, 1.82) is 0 Å². The molecule has 0 aromatic heterocycles. The molecule has 1 aromatic rings. The lowest BCUT2D eigenvalue weighted by atomic mass is 10.1. The summed E-state index contributed by atoms with van der Waals surface area (Å²) in [5, 5.41) is 0.652. The number of rotatable bonds is 2. The molecular formula is C11H15ClN2O2S. The zero-order chi connectivity index (χ0) is 12.5. The first-order valence-corrected chi connectivity index (χ1v) is 7.65. The van der Waals surface area contributed by atoms with Crippen molar-refractivity contribution in [3.63, 3.8) is 0 Å². The largest absolute Gasteiger partial charge is 0.369 e. The molecule has 1 fully saturated rings. The van der Waals surface area contributed by atoms with Crippen LogP contribution in [0.5, 0.6) is 0 Å². The Labute approximate surface area is 106 Å². The smallest absolute Gasteiger partial charge is 0.153 e. The van der Waals surface area contributed by atoms with Gasteiger partial charge in [0.1, 0.15) is 0 Å². The number of nitrogens with zero attached hydrogens (tertiary/aromatic N) is 1. The van der Waals surface area contributed by atoms with Crippen LogP contribution in [-0.2, 0) is 16.4 Å². The third-order valence-electron chi connectivity index (χ3n) is 2.95. The van der Waals surface area contributed by atoms with E-state index in [9.17, 15) is 8.42 Å². The molecule has 0 bridgehead atoms. The van der Waals surface area contributed by atoms with Gasteiger partial charge >= 0.3 is 0 Å². The van der Waals surface area contributed by atoms with Gasteiger partial charge in [-0.2, -0.15) is 0 Å². The van der Waals surface area contributed by atoms with Crippen LogP contribution in [0.2, 0.25) is 5.02 Å². The van der Waals surface area contributed by atoms with Crippen molar-refractivity contribution in [2.75, 3.05) is 29.5 Å². The van der Waals surface area contributed by atoms with E-state index in [1.165, 1.54) is 0 Å². The summed E-state index contributed by atoms with van der Waals surface area (Å²) in [6.07, 6.45) is 0. The van der Waals surface area contributed by atoms with Gasteiger partial charge in [0, 0.05) is 30.3 Å². The lowest BCUT2D eigenvalue weighted by molar-refractivity contribution is 0.586. The van der Waals surface area contributed by atoms with E-state index in [1.807, 2.05) is 12.1 Å². The second-order valence-electron chi connectivity index (χ2n) is 4.12. The second-order valence-corrected chi connectivity index (χ2v) is 6.86. The highest BCUT2D eigenvalue weighted by molar-refractivity contribution is 7.91. The molecule has 1 aliphatic heterocycles. The number of sulfone groups is 1. The van der Waals surface area contributed by atoms with E-state index in [2.05, 4.69) is 4.90 Å². The zero-order valence-corrected chi connectivity index (χ0v) is 11.0. The maximum Gasteiger partial charge on any atom is 0.153 e. The number of benzene rings is 1. The van der Waals surface area contributed by atoms with E-state index < -0.39 is 9.84 Å². The summed E-state index contributed by atoms with van der Waals surface area (Å²) in [4.78, 5) is 2.06. The fourth-order valence-electron chi connectivity index (χ4n) is 1.98. The summed E-state index contributed by atoms with van der Waals surface area (Å²) >= 11 is 5.91. The average Bonchev–Trinajstić information content (AvgIpc) is 2.29. The maximum absolute atomic E-state index is 11.4. The van der Waals surface area contributed by atoms with Crippen LogP contribution in [0.3, 0.4) is 0 Å². The van der Waals surface area contributed by atoms with Crippen molar-refractivity contribution in [1.82, 2.24) is 0 Å². The molecule has 0 atom stereocenters. The topological polar surface area (TPSA) is 63.4 Å². The minimum absolute atomic E-state index is 0.208. The van der Waals surface area contributed by atoms with Gasteiger partial charge in [-0.3, -0.25) is 0 Å². The van der Waals surface area contributed by atoms with Gasteiger partial charge in [0.05, 0.1) is 11.5 Å². The summed E-state index contributed by atoms with van der Waals surface area (Å²) in [5.74, 6) is 0.416. The number of nitrogens with two attached hydrogens (primary N) is 1. The van der Waals surface area contributed by atoms with E-state index in [-0.39, 0.29) is 11.5 Å². The predicted octanol–water partition coefficient (Wildman–Crippen LogP) is 1.03. The van der Waals surface area contributed by atoms with Gasteiger partial charge in [-0.1, -0.05) is 11.6 Å². The quantitative estimate of drug-likeness (QED) is 0.875. The minimum atomic E-state index is -2.85. The lowest BCUT2D eigenvalue weighted by Crippen LogP contribution is -2.40. The van der Waals surface area contributed by atoms with Crippen LogP contribution < -0.4 is 10.6 Å².